The van der Waals surface area contributed by atoms with E-state index in [4.69, 9.17) is 16.3 Å². The van der Waals surface area contributed by atoms with E-state index < -0.39 is 22.6 Å². The Labute approximate surface area is 116 Å². The van der Waals surface area contributed by atoms with Gasteiger partial charge in [-0.3, -0.25) is 0 Å². The number of hydrogen-bond donors (Lipinski definition) is 1. The zero-order valence-electron chi connectivity index (χ0n) is 10.1. The van der Waals surface area contributed by atoms with Gasteiger partial charge < -0.3 is 9.84 Å². The molecule has 0 radical (unpaired) electrons. The molecule has 2 aromatic rings. The van der Waals surface area contributed by atoms with Gasteiger partial charge >= 0.3 is 6.18 Å². The molecule has 106 valence electrons. The molecule has 2 rings (SSSR count). The smallest absolute Gasteiger partial charge is 0.417 e. The van der Waals surface area contributed by atoms with Crippen molar-refractivity contribution in [3.63, 3.8) is 0 Å². The van der Waals surface area contributed by atoms with E-state index in [1.54, 1.807) is 0 Å². The third-order valence-electron chi connectivity index (χ3n) is 2.50. The lowest BCUT2D eigenvalue weighted by molar-refractivity contribution is -0.137. The maximum atomic E-state index is 12.7. The fraction of sp³-hybridized carbons (Fsp3) is 0.167. The number of rotatable bonds is 2. The fourth-order valence-corrected chi connectivity index (χ4v) is 1.88. The summed E-state index contributed by atoms with van der Waals surface area (Å²) in [5.74, 6) is -0.595. The monoisotopic (exact) mass is 304 g/mol. The Morgan fingerprint density at radius 3 is 2.55 bits per heavy atom. The summed E-state index contributed by atoms with van der Waals surface area (Å²) in [5, 5.41) is 9.01. The first-order valence-corrected chi connectivity index (χ1v) is 5.68. The Hall–Kier alpha value is -2.02. The highest BCUT2D eigenvalue weighted by Crippen LogP contribution is 2.39. The van der Waals surface area contributed by atoms with Gasteiger partial charge in [-0.25, -0.2) is 4.98 Å². The molecule has 0 spiro atoms. The molecule has 1 aromatic heterocycles. The van der Waals surface area contributed by atoms with Crippen LogP contribution in [0.2, 0.25) is 5.02 Å². The average Bonchev–Trinajstić information content (AvgIpc) is 2.37. The molecule has 1 heterocycles. The number of methoxy groups -OCH3 is 1. The number of nitrogens with zero attached hydrogens (tertiary/aromatic N) is 2. The second-order valence-electron chi connectivity index (χ2n) is 3.75. The topological polar surface area (TPSA) is 55.2 Å². The predicted octanol–water partition coefficient (Wildman–Crippen LogP) is 3.53. The first-order chi connectivity index (χ1) is 9.34. The zero-order chi connectivity index (χ0) is 14.9. The summed E-state index contributed by atoms with van der Waals surface area (Å²) in [6.07, 6.45) is -3.43. The van der Waals surface area contributed by atoms with Crippen LogP contribution in [0.4, 0.5) is 13.2 Å². The molecule has 0 bridgehead atoms. The molecule has 0 saturated carbocycles. The van der Waals surface area contributed by atoms with Crippen molar-refractivity contribution in [1.82, 2.24) is 9.97 Å². The Balaban J connectivity index is 2.56. The van der Waals surface area contributed by atoms with Gasteiger partial charge in [0.1, 0.15) is 0 Å². The standard InChI is InChI=1S/C12H8ClF3N2O2/c1-20-8-5-17-10(18-11(8)19)6-3-2-4-7(9(6)13)12(14,15)16/h2-5H,1H3,(H,17,18,19). The van der Waals surface area contributed by atoms with Crippen molar-refractivity contribution in [2.45, 2.75) is 6.18 Å². The van der Waals surface area contributed by atoms with Crippen molar-refractivity contribution in [3.8, 4) is 23.0 Å². The summed E-state index contributed by atoms with van der Waals surface area (Å²) in [5.41, 5.74) is -1.02. The normalized spacial score (nSPS) is 11.4. The lowest BCUT2D eigenvalue weighted by Gasteiger charge is -2.12. The van der Waals surface area contributed by atoms with Crippen molar-refractivity contribution in [3.05, 3.63) is 35.0 Å². The van der Waals surface area contributed by atoms with Crippen LogP contribution in [0, 0.1) is 0 Å². The van der Waals surface area contributed by atoms with Crippen LogP contribution >= 0.6 is 11.6 Å². The number of benzene rings is 1. The minimum atomic E-state index is -4.58. The summed E-state index contributed by atoms with van der Waals surface area (Å²) >= 11 is 5.74. The van der Waals surface area contributed by atoms with Crippen LogP contribution in [0.1, 0.15) is 5.56 Å². The molecule has 0 fully saturated rings. The predicted molar refractivity (Wildman–Crippen MR) is 65.7 cm³/mol. The number of aromatic nitrogens is 2. The van der Waals surface area contributed by atoms with Gasteiger partial charge in [-0.1, -0.05) is 17.7 Å². The van der Waals surface area contributed by atoms with Gasteiger partial charge in [0, 0.05) is 5.56 Å². The summed E-state index contributed by atoms with van der Waals surface area (Å²) < 4.78 is 43.0. The molecule has 0 aliphatic carbocycles. The fourth-order valence-electron chi connectivity index (χ4n) is 1.56. The first kappa shape index (κ1) is 14.4. The van der Waals surface area contributed by atoms with E-state index in [1.165, 1.54) is 19.2 Å². The molecular weight excluding hydrogens is 297 g/mol. The largest absolute Gasteiger partial charge is 0.491 e. The number of ether oxygens (including phenoxy) is 1. The maximum absolute atomic E-state index is 12.7. The Morgan fingerprint density at radius 1 is 1.30 bits per heavy atom. The van der Waals surface area contributed by atoms with Crippen molar-refractivity contribution in [1.29, 1.82) is 0 Å². The van der Waals surface area contributed by atoms with Crippen LogP contribution in [0.3, 0.4) is 0 Å². The number of aromatic hydroxyl groups is 1. The van der Waals surface area contributed by atoms with Gasteiger partial charge in [0.2, 0.25) is 0 Å². The second kappa shape index (κ2) is 5.16. The average molecular weight is 305 g/mol. The number of hydrogen-bond acceptors (Lipinski definition) is 4. The molecule has 20 heavy (non-hydrogen) atoms. The van der Waals surface area contributed by atoms with E-state index in [-0.39, 0.29) is 17.1 Å². The summed E-state index contributed by atoms with van der Waals surface area (Å²) in [6.45, 7) is 0. The van der Waals surface area contributed by atoms with Gasteiger partial charge in [0.25, 0.3) is 5.88 Å². The molecule has 4 nitrogen and oxygen atoms in total. The zero-order valence-corrected chi connectivity index (χ0v) is 10.8. The van der Waals surface area contributed by atoms with Gasteiger partial charge in [0.15, 0.2) is 11.6 Å². The lowest BCUT2D eigenvalue weighted by atomic mass is 10.1. The highest BCUT2D eigenvalue weighted by Gasteiger charge is 2.34. The Morgan fingerprint density at radius 2 is 2.00 bits per heavy atom. The van der Waals surface area contributed by atoms with Crippen molar-refractivity contribution < 1.29 is 23.0 Å². The van der Waals surface area contributed by atoms with Crippen molar-refractivity contribution in [2.24, 2.45) is 0 Å². The Bertz CT molecular complexity index is 647. The van der Waals surface area contributed by atoms with E-state index >= 15 is 0 Å². The molecule has 8 heteroatoms. The highest BCUT2D eigenvalue weighted by atomic mass is 35.5. The van der Waals surface area contributed by atoms with Crippen molar-refractivity contribution in [2.75, 3.05) is 7.11 Å². The number of halogens is 4. The van der Waals surface area contributed by atoms with Crippen LogP contribution in [-0.4, -0.2) is 22.2 Å². The Kier molecular flexibility index (Phi) is 3.71. The molecule has 1 aromatic carbocycles. The van der Waals surface area contributed by atoms with Crippen LogP contribution in [0.5, 0.6) is 11.6 Å². The van der Waals surface area contributed by atoms with Crippen LogP contribution < -0.4 is 4.74 Å². The van der Waals surface area contributed by atoms with E-state index in [0.29, 0.717) is 0 Å². The second-order valence-corrected chi connectivity index (χ2v) is 4.13. The third kappa shape index (κ3) is 2.62. The molecule has 1 N–H and O–H groups in total. The van der Waals surface area contributed by atoms with Gasteiger partial charge in [0.05, 0.1) is 23.9 Å². The number of alkyl halides is 3. The summed E-state index contributed by atoms with van der Waals surface area (Å²) in [4.78, 5) is 7.48. The third-order valence-corrected chi connectivity index (χ3v) is 2.91. The van der Waals surface area contributed by atoms with Gasteiger partial charge in [-0.15, -0.1) is 0 Å². The van der Waals surface area contributed by atoms with Gasteiger partial charge in [-0.05, 0) is 12.1 Å². The molecule has 0 atom stereocenters. The van der Waals surface area contributed by atoms with Crippen LogP contribution in [-0.2, 0) is 6.18 Å². The lowest BCUT2D eigenvalue weighted by Crippen LogP contribution is -2.06. The molecule has 0 aliphatic heterocycles. The summed E-state index contributed by atoms with van der Waals surface area (Å²) in [6, 6.07) is 3.38. The molecule has 0 saturated heterocycles. The SMILES string of the molecule is COc1cnc(-c2cccc(C(F)(F)F)c2Cl)nc1O. The summed E-state index contributed by atoms with van der Waals surface area (Å²) in [7, 11) is 1.30. The quantitative estimate of drug-likeness (QED) is 0.922. The van der Waals surface area contributed by atoms with E-state index in [1.807, 2.05) is 0 Å². The van der Waals surface area contributed by atoms with E-state index in [9.17, 15) is 18.3 Å². The maximum Gasteiger partial charge on any atom is 0.417 e. The minimum Gasteiger partial charge on any atom is -0.491 e. The molecular formula is C12H8ClF3N2O2. The highest BCUT2D eigenvalue weighted by molar-refractivity contribution is 6.34. The van der Waals surface area contributed by atoms with Gasteiger partial charge in [-0.2, -0.15) is 18.2 Å². The van der Waals surface area contributed by atoms with Crippen LogP contribution in [0.25, 0.3) is 11.4 Å². The minimum absolute atomic E-state index is 0.0110. The van der Waals surface area contributed by atoms with E-state index in [0.717, 1.165) is 12.3 Å². The molecule has 0 amide bonds. The van der Waals surface area contributed by atoms with Crippen LogP contribution in [0.15, 0.2) is 24.4 Å². The molecule has 0 aliphatic rings. The van der Waals surface area contributed by atoms with E-state index in [2.05, 4.69) is 9.97 Å². The molecule has 0 unspecified atom stereocenters. The first-order valence-electron chi connectivity index (χ1n) is 5.30. The van der Waals surface area contributed by atoms with Crippen molar-refractivity contribution >= 4 is 11.6 Å².